The molecule has 0 bridgehead atoms. The first-order valence-corrected chi connectivity index (χ1v) is 10.6. The molecule has 0 fully saturated rings. The molecule has 35 heavy (non-hydrogen) atoms. The minimum atomic E-state index is -1.15. The van der Waals surface area contributed by atoms with E-state index in [4.69, 9.17) is 28.2 Å². The molecular formula is C25H22N2O8. The molecule has 0 radical (unpaired) electrons. The van der Waals surface area contributed by atoms with E-state index in [0.717, 1.165) is 5.39 Å². The molecule has 0 aliphatic heterocycles. The topological polar surface area (TPSA) is 133 Å². The minimum Gasteiger partial charge on any atom is -0.493 e. The van der Waals surface area contributed by atoms with Crippen molar-refractivity contribution in [2.45, 2.75) is 13.5 Å². The molecule has 4 rings (SSSR count). The van der Waals surface area contributed by atoms with Crippen LogP contribution in [0.5, 0.6) is 17.2 Å². The summed E-state index contributed by atoms with van der Waals surface area (Å²) in [5.41, 5.74) is 3.57. The lowest BCUT2D eigenvalue weighted by atomic mass is 10.2. The van der Waals surface area contributed by atoms with E-state index in [1.807, 2.05) is 19.1 Å². The second-order valence-electron chi connectivity index (χ2n) is 7.19. The molecule has 1 amide bonds. The number of fused-ring (bicyclic) bond motifs is 1. The molecule has 0 aliphatic rings. The Bertz CT molecular complexity index is 1390. The van der Waals surface area contributed by atoms with Gasteiger partial charge >= 0.3 is 11.9 Å². The van der Waals surface area contributed by atoms with Crippen molar-refractivity contribution in [1.29, 1.82) is 0 Å². The summed E-state index contributed by atoms with van der Waals surface area (Å²) in [6, 6.07) is 15.0. The van der Waals surface area contributed by atoms with Crippen LogP contribution >= 0.6 is 0 Å². The first kappa shape index (κ1) is 23.4. The maximum absolute atomic E-state index is 12.4. The number of furan rings is 2. The molecule has 2 N–H and O–H groups in total. The molecule has 0 spiro atoms. The molecule has 2 heterocycles. The molecule has 0 aliphatic carbocycles. The summed E-state index contributed by atoms with van der Waals surface area (Å²) in [7, 11) is 1.53. The number of methoxy groups -OCH3 is 1. The van der Waals surface area contributed by atoms with Crippen LogP contribution < -0.4 is 19.6 Å². The van der Waals surface area contributed by atoms with Crippen molar-refractivity contribution >= 4 is 29.1 Å². The summed E-state index contributed by atoms with van der Waals surface area (Å²) in [6.07, 6.45) is 1.46. The molecule has 4 aromatic rings. The van der Waals surface area contributed by atoms with Crippen molar-refractivity contribution in [3.8, 4) is 17.2 Å². The van der Waals surface area contributed by atoms with E-state index in [2.05, 4.69) is 10.5 Å². The highest BCUT2D eigenvalue weighted by atomic mass is 16.5. The van der Waals surface area contributed by atoms with Crippen molar-refractivity contribution in [3.63, 3.8) is 0 Å². The lowest BCUT2D eigenvalue weighted by molar-refractivity contribution is 0.0657. The van der Waals surface area contributed by atoms with E-state index in [0.29, 0.717) is 40.8 Å². The summed E-state index contributed by atoms with van der Waals surface area (Å²) < 4.78 is 27.4. The van der Waals surface area contributed by atoms with Gasteiger partial charge in [-0.05, 0) is 55.0 Å². The number of carbonyl (C=O) groups excluding carboxylic acids is 1. The minimum absolute atomic E-state index is 0.0269. The predicted octanol–water partition coefficient (Wildman–Crippen LogP) is 4.47. The van der Waals surface area contributed by atoms with Gasteiger partial charge in [0.15, 0.2) is 28.6 Å². The van der Waals surface area contributed by atoms with Crippen LogP contribution in [0.15, 0.2) is 68.5 Å². The van der Waals surface area contributed by atoms with E-state index < -0.39 is 11.9 Å². The van der Waals surface area contributed by atoms with Crippen LogP contribution in [0.3, 0.4) is 0 Å². The Balaban J connectivity index is 1.42. The van der Waals surface area contributed by atoms with E-state index in [9.17, 15) is 9.59 Å². The Morgan fingerprint density at radius 3 is 2.60 bits per heavy atom. The highest BCUT2D eigenvalue weighted by molar-refractivity contribution is 5.97. The second-order valence-corrected chi connectivity index (χ2v) is 7.19. The zero-order valence-corrected chi connectivity index (χ0v) is 18.9. The van der Waals surface area contributed by atoms with E-state index in [-0.39, 0.29) is 18.1 Å². The fraction of sp³-hybridized carbons (Fsp3) is 0.160. The average Bonchev–Trinajstić information content (AvgIpc) is 3.51. The number of amides is 1. The van der Waals surface area contributed by atoms with Crippen molar-refractivity contribution < 1.29 is 37.7 Å². The molecule has 0 atom stereocenters. The Kier molecular flexibility index (Phi) is 7.01. The van der Waals surface area contributed by atoms with Gasteiger partial charge in [0, 0.05) is 5.39 Å². The number of carbonyl (C=O) groups is 2. The fourth-order valence-corrected chi connectivity index (χ4v) is 3.24. The number of hydrogen-bond acceptors (Lipinski definition) is 8. The molecule has 2 aromatic heterocycles. The fourth-order valence-electron chi connectivity index (χ4n) is 3.24. The van der Waals surface area contributed by atoms with Gasteiger partial charge in [0.2, 0.25) is 5.76 Å². The average molecular weight is 478 g/mol. The van der Waals surface area contributed by atoms with Crippen LogP contribution in [0.1, 0.15) is 39.4 Å². The molecule has 2 aromatic carbocycles. The molecular weight excluding hydrogens is 456 g/mol. The van der Waals surface area contributed by atoms with Crippen molar-refractivity contribution in [2.75, 3.05) is 13.7 Å². The molecule has 180 valence electrons. The van der Waals surface area contributed by atoms with Crippen molar-refractivity contribution in [1.82, 2.24) is 5.43 Å². The van der Waals surface area contributed by atoms with Gasteiger partial charge in [0.05, 0.1) is 19.9 Å². The molecule has 10 heteroatoms. The first-order chi connectivity index (χ1) is 17.0. The van der Waals surface area contributed by atoms with Crippen LogP contribution in [0, 0.1) is 0 Å². The third kappa shape index (κ3) is 5.44. The number of hydrazone groups is 1. The number of carboxylic acid groups (broad SMARTS) is 1. The Labute approximate surface area is 199 Å². The summed E-state index contributed by atoms with van der Waals surface area (Å²) in [5, 5.41) is 13.7. The van der Waals surface area contributed by atoms with E-state index in [1.165, 1.54) is 25.5 Å². The van der Waals surface area contributed by atoms with Gasteiger partial charge in [-0.3, -0.25) is 4.79 Å². The van der Waals surface area contributed by atoms with E-state index in [1.54, 1.807) is 30.3 Å². The Morgan fingerprint density at radius 1 is 1.00 bits per heavy atom. The smallest absolute Gasteiger partial charge is 0.371 e. The quantitative estimate of drug-likeness (QED) is 0.252. The van der Waals surface area contributed by atoms with Gasteiger partial charge in [-0.25, -0.2) is 10.2 Å². The van der Waals surface area contributed by atoms with Crippen LogP contribution in [0.2, 0.25) is 0 Å². The number of hydrogen-bond donors (Lipinski definition) is 2. The van der Waals surface area contributed by atoms with Crippen LogP contribution in [-0.2, 0) is 6.61 Å². The Hall–Kier alpha value is -4.73. The number of ether oxygens (including phenoxy) is 3. The number of nitrogens with zero attached hydrogens (tertiary/aromatic N) is 1. The largest absolute Gasteiger partial charge is 0.493 e. The normalized spacial score (nSPS) is 11.0. The zero-order valence-electron chi connectivity index (χ0n) is 18.9. The van der Waals surface area contributed by atoms with Gasteiger partial charge in [-0.1, -0.05) is 12.1 Å². The highest BCUT2D eigenvalue weighted by Crippen LogP contribution is 2.30. The second kappa shape index (κ2) is 10.5. The van der Waals surface area contributed by atoms with Gasteiger partial charge in [0.1, 0.15) is 12.4 Å². The molecule has 10 nitrogen and oxygen atoms in total. The van der Waals surface area contributed by atoms with Crippen molar-refractivity contribution in [3.05, 3.63) is 77.4 Å². The summed E-state index contributed by atoms with van der Waals surface area (Å²) in [4.78, 5) is 23.4. The number of nitrogens with one attached hydrogen (secondary N) is 1. The Morgan fingerprint density at radius 2 is 1.86 bits per heavy atom. The van der Waals surface area contributed by atoms with Crippen LogP contribution in [-0.4, -0.2) is 36.9 Å². The number of para-hydroxylation sites is 1. The number of rotatable bonds is 10. The van der Waals surface area contributed by atoms with Crippen LogP contribution in [0.4, 0.5) is 0 Å². The highest BCUT2D eigenvalue weighted by Gasteiger charge is 2.15. The molecule has 0 saturated heterocycles. The maximum atomic E-state index is 12.4. The van der Waals surface area contributed by atoms with Crippen LogP contribution in [0.25, 0.3) is 11.0 Å². The lowest BCUT2D eigenvalue weighted by Gasteiger charge is -2.11. The first-order valence-electron chi connectivity index (χ1n) is 10.6. The van der Waals surface area contributed by atoms with Gasteiger partial charge in [0.25, 0.3) is 0 Å². The van der Waals surface area contributed by atoms with Gasteiger partial charge in [-0.2, -0.15) is 5.10 Å². The standard InChI is InChI=1S/C25H22N2O8/c1-3-32-21-11-15(7-9-18(21)33-14-17-8-10-20(34-17)25(29)30)13-26-27-24(28)22-12-16-5-4-6-19(31-2)23(16)35-22/h4-13H,3,14H2,1-2H3,(H,27,28)(H,29,30). The third-order valence-electron chi connectivity index (χ3n) is 4.84. The van der Waals surface area contributed by atoms with Gasteiger partial charge < -0.3 is 28.2 Å². The van der Waals surface area contributed by atoms with E-state index >= 15 is 0 Å². The molecule has 0 saturated carbocycles. The van der Waals surface area contributed by atoms with Gasteiger partial charge in [-0.15, -0.1) is 0 Å². The monoisotopic (exact) mass is 478 g/mol. The summed E-state index contributed by atoms with van der Waals surface area (Å²) >= 11 is 0. The summed E-state index contributed by atoms with van der Waals surface area (Å²) in [5.74, 6) is 0.0698. The lowest BCUT2D eigenvalue weighted by Crippen LogP contribution is -2.16. The molecule has 0 unspecified atom stereocenters. The predicted molar refractivity (Wildman–Crippen MR) is 125 cm³/mol. The third-order valence-corrected chi connectivity index (χ3v) is 4.84. The number of carboxylic acids is 1. The number of aromatic carboxylic acids is 1. The van der Waals surface area contributed by atoms with Crippen molar-refractivity contribution in [2.24, 2.45) is 5.10 Å². The number of benzene rings is 2. The summed E-state index contributed by atoms with van der Waals surface area (Å²) in [6.45, 7) is 2.25. The zero-order chi connectivity index (χ0) is 24.8. The maximum Gasteiger partial charge on any atom is 0.371 e. The SMILES string of the molecule is CCOc1cc(C=NNC(=O)c2cc3cccc(OC)c3o2)ccc1OCc1ccc(C(=O)O)o1.